The third-order valence-corrected chi connectivity index (χ3v) is 5.26. The molecular formula is C27H26ClNO6. The van der Waals surface area contributed by atoms with Crippen LogP contribution in [0.25, 0.3) is 0 Å². The number of amides is 1. The van der Waals surface area contributed by atoms with E-state index in [1.807, 2.05) is 30.3 Å². The van der Waals surface area contributed by atoms with E-state index in [1.165, 1.54) is 6.92 Å². The number of esters is 2. The number of nitrogens with one attached hydrogen (secondary N) is 1. The summed E-state index contributed by atoms with van der Waals surface area (Å²) in [7, 11) is 0. The molecule has 8 heteroatoms. The van der Waals surface area contributed by atoms with Gasteiger partial charge in [-0.3, -0.25) is 4.79 Å². The minimum atomic E-state index is -1.09. The second-order valence-electron chi connectivity index (χ2n) is 7.72. The van der Waals surface area contributed by atoms with Crippen LogP contribution in [0.2, 0.25) is 5.02 Å². The highest BCUT2D eigenvalue weighted by atomic mass is 35.5. The lowest BCUT2D eigenvalue weighted by Crippen LogP contribution is -2.33. The van der Waals surface area contributed by atoms with Crippen LogP contribution in [-0.4, -0.2) is 30.9 Å². The first-order valence-corrected chi connectivity index (χ1v) is 11.5. The van der Waals surface area contributed by atoms with Crippen molar-refractivity contribution < 1.29 is 28.6 Å². The lowest BCUT2D eigenvalue weighted by molar-refractivity contribution is -0.139. The highest BCUT2D eigenvalue weighted by Crippen LogP contribution is 2.20. The minimum Gasteiger partial charge on any atom is -0.426 e. The lowest BCUT2D eigenvalue weighted by Gasteiger charge is -2.18. The number of alkyl carbamates (subject to hydrolysis) is 1. The van der Waals surface area contributed by atoms with Gasteiger partial charge in [-0.1, -0.05) is 60.1 Å². The summed E-state index contributed by atoms with van der Waals surface area (Å²) in [5.74, 6) is -1.14. The predicted octanol–water partition coefficient (Wildman–Crippen LogP) is 5.42. The Balaban J connectivity index is 1.51. The first-order valence-electron chi connectivity index (χ1n) is 11.1. The molecule has 0 radical (unpaired) electrons. The Morgan fingerprint density at radius 2 is 1.49 bits per heavy atom. The Kier molecular flexibility index (Phi) is 9.69. The zero-order chi connectivity index (χ0) is 25.0. The molecule has 182 valence electrons. The average Bonchev–Trinajstić information content (AvgIpc) is 2.86. The molecular weight excluding hydrogens is 470 g/mol. The maximum Gasteiger partial charge on any atom is 0.410 e. The summed E-state index contributed by atoms with van der Waals surface area (Å²) in [6.07, 6.45) is -1.09. The van der Waals surface area contributed by atoms with Crippen molar-refractivity contribution in [3.63, 3.8) is 0 Å². The van der Waals surface area contributed by atoms with Gasteiger partial charge in [0.25, 0.3) is 0 Å². The Morgan fingerprint density at radius 1 is 0.857 bits per heavy atom. The highest BCUT2D eigenvalue weighted by molar-refractivity contribution is 6.30. The Bertz CT molecular complexity index is 1110. The van der Waals surface area contributed by atoms with Crippen LogP contribution in [0.4, 0.5) is 4.79 Å². The smallest absolute Gasteiger partial charge is 0.410 e. The molecule has 0 aliphatic rings. The Hall–Kier alpha value is -3.84. The molecule has 0 heterocycles. The quantitative estimate of drug-likeness (QED) is 0.229. The van der Waals surface area contributed by atoms with Crippen molar-refractivity contribution in [3.05, 3.63) is 101 Å². The second-order valence-corrected chi connectivity index (χ2v) is 8.16. The molecule has 0 saturated carbocycles. The summed E-state index contributed by atoms with van der Waals surface area (Å²) in [6.45, 7) is 1.60. The van der Waals surface area contributed by atoms with E-state index in [9.17, 15) is 14.4 Å². The van der Waals surface area contributed by atoms with E-state index < -0.39 is 30.2 Å². The van der Waals surface area contributed by atoms with Gasteiger partial charge in [-0.2, -0.15) is 0 Å². The molecule has 0 aliphatic heterocycles. The number of carbonyl (C=O) groups is 3. The lowest BCUT2D eigenvalue weighted by atomic mass is 9.96. The maximum absolute atomic E-state index is 12.9. The van der Waals surface area contributed by atoms with E-state index >= 15 is 0 Å². The van der Waals surface area contributed by atoms with Crippen LogP contribution in [-0.2, 0) is 20.7 Å². The maximum atomic E-state index is 12.9. The van der Waals surface area contributed by atoms with Crippen LogP contribution in [0.1, 0.15) is 29.3 Å². The van der Waals surface area contributed by atoms with Crippen molar-refractivity contribution in [2.45, 2.75) is 26.1 Å². The summed E-state index contributed by atoms with van der Waals surface area (Å²) in [6, 6.07) is 24.4. The van der Waals surface area contributed by atoms with Crippen molar-refractivity contribution in [2.75, 3.05) is 6.54 Å². The van der Waals surface area contributed by atoms with E-state index in [0.717, 1.165) is 5.56 Å². The molecule has 35 heavy (non-hydrogen) atoms. The number of benzene rings is 3. The van der Waals surface area contributed by atoms with Gasteiger partial charge in [-0.05, 0) is 54.8 Å². The van der Waals surface area contributed by atoms with Crippen LogP contribution in [0.3, 0.4) is 0 Å². The fraction of sp³-hybridized carbons (Fsp3) is 0.222. The average molecular weight is 496 g/mol. The third kappa shape index (κ3) is 8.79. The SMILES string of the molecule is CC(OC(=O)NCCC(Cc1ccccc1)C(=O)Oc1ccc(Cl)cc1)OC(=O)c1ccccc1. The summed E-state index contributed by atoms with van der Waals surface area (Å²) >= 11 is 5.89. The van der Waals surface area contributed by atoms with E-state index in [-0.39, 0.29) is 6.54 Å². The van der Waals surface area contributed by atoms with Crippen LogP contribution in [0.15, 0.2) is 84.9 Å². The molecule has 3 aromatic carbocycles. The number of rotatable bonds is 10. The normalized spacial score (nSPS) is 12.2. The van der Waals surface area contributed by atoms with Crippen molar-refractivity contribution in [1.82, 2.24) is 5.32 Å². The summed E-state index contributed by atoms with van der Waals surface area (Å²) in [4.78, 5) is 37.1. The summed E-state index contributed by atoms with van der Waals surface area (Å²) in [5, 5.41) is 3.13. The number of halogens is 1. The number of carbonyl (C=O) groups excluding carboxylic acids is 3. The van der Waals surface area contributed by atoms with Crippen molar-refractivity contribution in [2.24, 2.45) is 5.92 Å². The standard InChI is InChI=1S/C27H26ClNO6/c1-19(33-25(30)21-10-6-3-7-11-21)34-27(32)29-17-16-22(18-20-8-4-2-5-9-20)26(31)35-24-14-12-23(28)13-15-24/h2-15,19,22H,16-18H2,1H3,(H,29,32). The molecule has 0 fully saturated rings. The van der Waals surface area contributed by atoms with Gasteiger partial charge in [-0.15, -0.1) is 0 Å². The van der Waals surface area contributed by atoms with Crippen molar-refractivity contribution in [3.8, 4) is 5.75 Å². The molecule has 0 spiro atoms. The van der Waals surface area contributed by atoms with E-state index in [2.05, 4.69) is 5.32 Å². The van der Waals surface area contributed by atoms with Crippen molar-refractivity contribution >= 4 is 29.6 Å². The molecule has 0 bridgehead atoms. The van der Waals surface area contributed by atoms with Crippen LogP contribution < -0.4 is 10.1 Å². The van der Waals surface area contributed by atoms with Gasteiger partial charge < -0.3 is 19.5 Å². The molecule has 2 atom stereocenters. The van der Waals surface area contributed by atoms with Gasteiger partial charge in [-0.25, -0.2) is 9.59 Å². The van der Waals surface area contributed by atoms with Gasteiger partial charge in [0.2, 0.25) is 6.29 Å². The summed E-state index contributed by atoms with van der Waals surface area (Å²) in [5.41, 5.74) is 1.32. The van der Waals surface area contributed by atoms with Crippen LogP contribution in [0, 0.1) is 5.92 Å². The molecule has 0 aromatic heterocycles. The van der Waals surface area contributed by atoms with Gasteiger partial charge >= 0.3 is 18.0 Å². The van der Waals surface area contributed by atoms with Crippen molar-refractivity contribution in [1.29, 1.82) is 0 Å². The predicted molar refractivity (Wildman–Crippen MR) is 131 cm³/mol. The zero-order valence-electron chi connectivity index (χ0n) is 19.2. The van der Waals surface area contributed by atoms with Gasteiger partial charge in [0.1, 0.15) is 5.75 Å². The van der Waals surface area contributed by atoms with Crippen LogP contribution >= 0.6 is 11.6 Å². The second kappa shape index (κ2) is 13.2. The van der Waals surface area contributed by atoms with E-state index in [1.54, 1.807) is 54.6 Å². The Labute approximate surface area is 209 Å². The van der Waals surface area contributed by atoms with Crippen LogP contribution in [0.5, 0.6) is 5.75 Å². The Morgan fingerprint density at radius 3 is 2.14 bits per heavy atom. The fourth-order valence-electron chi connectivity index (χ4n) is 3.26. The first-order chi connectivity index (χ1) is 16.9. The molecule has 0 saturated heterocycles. The minimum absolute atomic E-state index is 0.158. The number of hydrogen-bond donors (Lipinski definition) is 1. The van der Waals surface area contributed by atoms with E-state index in [0.29, 0.717) is 29.2 Å². The van der Waals surface area contributed by atoms with Gasteiger partial charge in [0.15, 0.2) is 0 Å². The molecule has 3 aromatic rings. The monoisotopic (exact) mass is 495 g/mol. The topological polar surface area (TPSA) is 90.9 Å². The zero-order valence-corrected chi connectivity index (χ0v) is 19.9. The fourth-order valence-corrected chi connectivity index (χ4v) is 3.39. The third-order valence-electron chi connectivity index (χ3n) is 5.01. The number of ether oxygens (including phenoxy) is 3. The highest BCUT2D eigenvalue weighted by Gasteiger charge is 2.22. The van der Waals surface area contributed by atoms with Gasteiger partial charge in [0.05, 0.1) is 11.5 Å². The molecule has 1 N–H and O–H groups in total. The largest absolute Gasteiger partial charge is 0.426 e. The first kappa shape index (κ1) is 25.8. The van der Waals surface area contributed by atoms with Gasteiger partial charge in [0, 0.05) is 18.5 Å². The molecule has 1 amide bonds. The van der Waals surface area contributed by atoms with E-state index in [4.69, 9.17) is 25.8 Å². The molecule has 7 nitrogen and oxygen atoms in total. The molecule has 3 rings (SSSR count). The summed E-state index contributed by atoms with van der Waals surface area (Å²) < 4.78 is 15.7. The number of hydrogen-bond acceptors (Lipinski definition) is 6. The molecule has 0 aliphatic carbocycles. The molecule has 2 unspecified atom stereocenters.